The van der Waals surface area contributed by atoms with E-state index in [-0.39, 0.29) is 0 Å². The quantitative estimate of drug-likeness (QED) is 0.873. The van der Waals surface area contributed by atoms with Gasteiger partial charge < -0.3 is 5.32 Å². The summed E-state index contributed by atoms with van der Waals surface area (Å²) in [5, 5.41) is 11.4. The van der Waals surface area contributed by atoms with Crippen LogP contribution in [0.1, 0.15) is 23.7 Å². The van der Waals surface area contributed by atoms with Crippen LogP contribution in [0.3, 0.4) is 0 Å². The molecule has 0 saturated heterocycles. The summed E-state index contributed by atoms with van der Waals surface area (Å²) in [5.41, 5.74) is 4.64. The van der Waals surface area contributed by atoms with Crippen molar-refractivity contribution in [2.24, 2.45) is 0 Å². The Morgan fingerprint density at radius 3 is 2.53 bits per heavy atom. The van der Waals surface area contributed by atoms with Crippen LogP contribution in [0.2, 0.25) is 0 Å². The predicted molar refractivity (Wildman–Crippen MR) is 68.2 cm³/mol. The van der Waals surface area contributed by atoms with Crippen LogP contribution < -0.4 is 5.32 Å². The zero-order valence-electron chi connectivity index (χ0n) is 10.6. The van der Waals surface area contributed by atoms with Gasteiger partial charge in [0.05, 0.1) is 17.6 Å². The lowest BCUT2D eigenvalue weighted by Crippen LogP contribution is -2.15. The molecule has 1 aromatic heterocycles. The largest absolute Gasteiger partial charge is 0.311 e. The van der Waals surface area contributed by atoms with E-state index in [0.29, 0.717) is 0 Å². The molecule has 0 amide bonds. The van der Waals surface area contributed by atoms with Gasteiger partial charge in [0, 0.05) is 6.54 Å². The molecule has 1 N–H and O–H groups in total. The monoisotopic (exact) mass is 230 g/mol. The third kappa shape index (κ3) is 2.71. The maximum Gasteiger partial charge on any atom is 0.0783 e. The van der Waals surface area contributed by atoms with Crippen molar-refractivity contribution in [3.8, 4) is 5.69 Å². The van der Waals surface area contributed by atoms with Gasteiger partial charge in [-0.05, 0) is 43.7 Å². The molecule has 0 radical (unpaired) electrons. The molecule has 0 aliphatic rings. The van der Waals surface area contributed by atoms with E-state index in [4.69, 9.17) is 0 Å². The van der Waals surface area contributed by atoms with Crippen molar-refractivity contribution < 1.29 is 0 Å². The van der Waals surface area contributed by atoms with E-state index in [9.17, 15) is 0 Å². The first-order valence-corrected chi connectivity index (χ1v) is 5.89. The van der Waals surface area contributed by atoms with Crippen LogP contribution in [-0.2, 0) is 6.54 Å². The fourth-order valence-corrected chi connectivity index (χ4v) is 1.92. The van der Waals surface area contributed by atoms with Crippen molar-refractivity contribution in [2.75, 3.05) is 6.54 Å². The Morgan fingerprint density at radius 2 is 1.88 bits per heavy atom. The van der Waals surface area contributed by atoms with Crippen LogP contribution in [0.15, 0.2) is 24.4 Å². The van der Waals surface area contributed by atoms with Gasteiger partial charge in [-0.25, -0.2) is 4.68 Å². The van der Waals surface area contributed by atoms with E-state index in [1.165, 1.54) is 11.1 Å². The smallest absolute Gasteiger partial charge is 0.0783 e. The van der Waals surface area contributed by atoms with Gasteiger partial charge >= 0.3 is 0 Å². The molecular formula is C13H18N4. The minimum atomic E-state index is 0.788. The van der Waals surface area contributed by atoms with E-state index in [0.717, 1.165) is 24.5 Å². The van der Waals surface area contributed by atoms with Gasteiger partial charge in [0.25, 0.3) is 0 Å². The topological polar surface area (TPSA) is 42.7 Å². The number of hydrogen-bond acceptors (Lipinski definition) is 3. The molecule has 2 aromatic rings. The van der Waals surface area contributed by atoms with Gasteiger partial charge in [0.15, 0.2) is 0 Å². The van der Waals surface area contributed by atoms with Gasteiger partial charge in [0.2, 0.25) is 0 Å². The molecular weight excluding hydrogens is 212 g/mol. The normalized spacial score (nSPS) is 10.8. The maximum atomic E-state index is 4.15. The second kappa shape index (κ2) is 5.10. The molecule has 0 spiro atoms. The van der Waals surface area contributed by atoms with Crippen molar-refractivity contribution in [3.05, 3.63) is 41.2 Å². The molecule has 17 heavy (non-hydrogen) atoms. The molecule has 1 heterocycles. The summed E-state index contributed by atoms with van der Waals surface area (Å²) in [5.74, 6) is 0. The summed E-state index contributed by atoms with van der Waals surface area (Å²) in [7, 11) is 0. The summed E-state index contributed by atoms with van der Waals surface area (Å²) in [6.45, 7) is 8.01. The molecule has 4 heteroatoms. The Morgan fingerprint density at radius 1 is 1.18 bits per heavy atom. The summed E-state index contributed by atoms with van der Waals surface area (Å²) >= 11 is 0. The number of benzene rings is 1. The molecule has 0 aliphatic carbocycles. The zero-order chi connectivity index (χ0) is 12.3. The van der Waals surface area contributed by atoms with E-state index in [1.807, 2.05) is 4.68 Å². The number of aromatic nitrogens is 3. The minimum Gasteiger partial charge on any atom is -0.311 e. The molecule has 0 atom stereocenters. The Labute approximate surface area is 102 Å². The molecule has 4 nitrogen and oxygen atoms in total. The first-order chi connectivity index (χ1) is 8.20. The number of rotatable bonds is 4. The molecule has 1 aromatic carbocycles. The fraction of sp³-hybridized carbons (Fsp3) is 0.385. The van der Waals surface area contributed by atoms with Gasteiger partial charge in [-0.15, -0.1) is 5.10 Å². The Balaban J connectivity index is 2.35. The van der Waals surface area contributed by atoms with E-state index < -0.39 is 0 Å². The molecule has 0 unspecified atom stereocenters. The summed E-state index contributed by atoms with van der Waals surface area (Å²) in [6.07, 6.45) is 1.81. The Kier molecular flexibility index (Phi) is 3.54. The molecule has 90 valence electrons. The lowest BCUT2D eigenvalue weighted by Gasteiger charge is -2.08. The third-order valence-electron chi connectivity index (χ3n) is 2.63. The van der Waals surface area contributed by atoms with Crippen LogP contribution in [0.25, 0.3) is 5.69 Å². The SMILES string of the molecule is CCNCc1cnnn1-c1cc(C)cc(C)c1. The second-order valence-corrected chi connectivity index (χ2v) is 4.26. The van der Waals surface area contributed by atoms with Crippen LogP contribution in [-0.4, -0.2) is 21.5 Å². The number of nitrogens with one attached hydrogen (secondary N) is 1. The molecule has 0 saturated carbocycles. The van der Waals surface area contributed by atoms with Crippen molar-refractivity contribution >= 4 is 0 Å². The summed E-state index contributed by atoms with van der Waals surface area (Å²) < 4.78 is 1.89. The van der Waals surface area contributed by atoms with Crippen LogP contribution in [0.5, 0.6) is 0 Å². The van der Waals surface area contributed by atoms with Crippen molar-refractivity contribution in [1.82, 2.24) is 20.3 Å². The number of nitrogens with zero attached hydrogens (tertiary/aromatic N) is 3. The van der Waals surface area contributed by atoms with Crippen LogP contribution in [0.4, 0.5) is 0 Å². The third-order valence-corrected chi connectivity index (χ3v) is 2.63. The van der Waals surface area contributed by atoms with Crippen LogP contribution in [0, 0.1) is 13.8 Å². The highest BCUT2D eigenvalue weighted by molar-refractivity contribution is 5.39. The van der Waals surface area contributed by atoms with E-state index in [1.54, 1.807) is 6.20 Å². The van der Waals surface area contributed by atoms with Gasteiger partial charge in [-0.2, -0.15) is 0 Å². The average molecular weight is 230 g/mol. The first-order valence-electron chi connectivity index (χ1n) is 5.89. The maximum absolute atomic E-state index is 4.15. The highest BCUT2D eigenvalue weighted by Gasteiger charge is 2.06. The van der Waals surface area contributed by atoms with E-state index in [2.05, 4.69) is 54.6 Å². The van der Waals surface area contributed by atoms with Crippen molar-refractivity contribution in [3.63, 3.8) is 0 Å². The minimum absolute atomic E-state index is 0.788. The molecule has 2 rings (SSSR count). The highest BCUT2D eigenvalue weighted by atomic mass is 15.4. The van der Waals surface area contributed by atoms with Crippen molar-refractivity contribution in [2.45, 2.75) is 27.3 Å². The summed E-state index contributed by atoms with van der Waals surface area (Å²) in [4.78, 5) is 0. The second-order valence-electron chi connectivity index (χ2n) is 4.26. The molecule has 0 aliphatic heterocycles. The lowest BCUT2D eigenvalue weighted by molar-refractivity contribution is 0.672. The Bertz CT molecular complexity index is 482. The number of aryl methyl sites for hydroxylation is 2. The standard InChI is InChI=1S/C13H18N4/c1-4-14-8-13-9-15-16-17(13)12-6-10(2)5-11(3)7-12/h5-7,9,14H,4,8H2,1-3H3. The average Bonchev–Trinajstić information content (AvgIpc) is 2.73. The van der Waals surface area contributed by atoms with Gasteiger partial charge in [-0.1, -0.05) is 18.2 Å². The zero-order valence-corrected chi connectivity index (χ0v) is 10.6. The Hall–Kier alpha value is -1.68. The summed E-state index contributed by atoms with van der Waals surface area (Å²) in [6, 6.07) is 6.40. The molecule has 0 bridgehead atoms. The first kappa shape index (κ1) is 11.8. The highest BCUT2D eigenvalue weighted by Crippen LogP contribution is 2.14. The van der Waals surface area contributed by atoms with Gasteiger partial charge in [-0.3, -0.25) is 0 Å². The van der Waals surface area contributed by atoms with Crippen LogP contribution >= 0.6 is 0 Å². The predicted octanol–water partition coefficient (Wildman–Crippen LogP) is 1.99. The lowest BCUT2D eigenvalue weighted by atomic mass is 10.1. The van der Waals surface area contributed by atoms with Crippen molar-refractivity contribution in [1.29, 1.82) is 0 Å². The fourth-order valence-electron chi connectivity index (χ4n) is 1.92. The van der Waals surface area contributed by atoms with Gasteiger partial charge in [0.1, 0.15) is 0 Å². The number of hydrogen-bond donors (Lipinski definition) is 1. The molecule has 0 fully saturated rings. The van der Waals surface area contributed by atoms with E-state index >= 15 is 0 Å².